The molecule has 0 aliphatic carbocycles. The number of para-hydroxylation sites is 2. The van der Waals surface area contributed by atoms with Gasteiger partial charge in [0.2, 0.25) is 0 Å². The summed E-state index contributed by atoms with van der Waals surface area (Å²) in [5, 5.41) is 2.83. The van der Waals surface area contributed by atoms with E-state index in [2.05, 4.69) is 42.3 Å². The molecule has 2 aliphatic rings. The second-order valence-electron chi connectivity index (χ2n) is 8.68. The van der Waals surface area contributed by atoms with Gasteiger partial charge in [0.25, 0.3) is 11.8 Å². The lowest BCUT2D eigenvalue weighted by molar-refractivity contribution is -0.115. The molecule has 2 heterocycles. The fourth-order valence-electron chi connectivity index (χ4n) is 4.39. The number of hydrogen-bond donors (Lipinski definition) is 1. The van der Waals surface area contributed by atoms with Crippen molar-refractivity contribution in [3.8, 4) is 5.75 Å². The molecule has 0 aromatic heterocycles. The van der Waals surface area contributed by atoms with Crippen molar-refractivity contribution in [1.29, 1.82) is 0 Å². The van der Waals surface area contributed by atoms with Crippen LogP contribution in [-0.2, 0) is 4.79 Å². The number of rotatable bonds is 3. The van der Waals surface area contributed by atoms with E-state index in [4.69, 9.17) is 4.74 Å². The van der Waals surface area contributed by atoms with Gasteiger partial charge >= 0.3 is 0 Å². The molecule has 1 N–H and O–H groups in total. The molecule has 0 bridgehead atoms. The van der Waals surface area contributed by atoms with E-state index < -0.39 is 0 Å². The lowest BCUT2D eigenvalue weighted by Crippen LogP contribution is -2.49. The molecule has 1 fully saturated rings. The predicted octanol–water partition coefficient (Wildman–Crippen LogP) is 4.64. The van der Waals surface area contributed by atoms with Gasteiger partial charge in [-0.3, -0.25) is 9.59 Å². The summed E-state index contributed by atoms with van der Waals surface area (Å²) in [6.45, 7) is 7.28. The Morgan fingerprint density at radius 3 is 2.41 bits per heavy atom. The van der Waals surface area contributed by atoms with Gasteiger partial charge in [-0.15, -0.1) is 0 Å². The normalized spacial score (nSPS) is 16.6. The average molecular weight is 454 g/mol. The maximum absolute atomic E-state index is 13.1. The SMILES string of the molecule is Cc1cccc(N2CCN(C(=O)c3ccc(C=C4Oc5ccccc5NC4=O)cc3)CC2)c1C. The van der Waals surface area contributed by atoms with Crippen LogP contribution in [0.2, 0.25) is 0 Å². The molecule has 0 atom stereocenters. The van der Waals surface area contributed by atoms with E-state index in [-0.39, 0.29) is 17.6 Å². The second kappa shape index (κ2) is 9.06. The first-order chi connectivity index (χ1) is 16.5. The molecule has 0 saturated carbocycles. The van der Waals surface area contributed by atoms with Crippen LogP contribution < -0.4 is 15.0 Å². The molecule has 1 saturated heterocycles. The van der Waals surface area contributed by atoms with Crippen LogP contribution in [0.1, 0.15) is 27.0 Å². The lowest BCUT2D eigenvalue weighted by Gasteiger charge is -2.37. The van der Waals surface area contributed by atoms with E-state index in [0.29, 0.717) is 30.1 Å². The first kappa shape index (κ1) is 21.8. The van der Waals surface area contributed by atoms with Crippen molar-refractivity contribution in [2.75, 3.05) is 36.4 Å². The van der Waals surface area contributed by atoms with E-state index in [0.717, 1.165) is 18.7 Å². The standard InChI is InChI=1S/C28H27N3O3/c1-19-6-5-8-24(20(19)2)30-14-16-31(17-15-30)28(33)22-12-10-21(11-13-22)18-26-27(32)29-23-7-3-4-9-25(23)34-26/h3-13,18H,14-17H2,1-2H3,(H,29,32). The molecule has 0 unspecified atom stereocenters. The van der Waals surface area contributed by atoms with Crippen LogP contribution in [0.15, 0.2) is 72.5 Å². The Balaban J connectivity index is 1.24. The van der Waals surface area contributed by atoms with Crippen molar-refractivity contribution < 1.29 is 14.3 Å². The van der Waals surface area contributed by atoms with Gasteiger partial charge in [-0.2, -0.15) is 0 Å². The Bertz CT molecular complexity index is 1270. The molecule has 3 aromatic carbocycles. The number of carbonyl (C=O) groups excluding carboxylic acids is 2. The number of benzene rings is 3. The van der Waals surface area contributed by atoms with Gasteiger partial charge < -0.3 is 19.9 Å². The molecule has 0 spiro atoms. The summed E-state index contributed by atoms with van der Waals surface area (Å²) >= 11 is 0. The largest absolute Gasteiger partial charge is 0.449 e. The summed E-state index contributed by atoms with van der Waals surface area (Å²) in [5.41, 5.74) is 5.92. The van der Waals surface area contributed by atoms with Crippen LogP contribution in [0.3, 0.4) is 0 Å². The molecular formula is C28H27N3O3. The second-order valence-corrected chi connectivity index (χ2v) is 8.68. The van der Waals surface area contributed by atoms with Crippen LogP contribution in [0.4, 0.5) is 11.4 Å². The fraction of sp³-hybridized carbons (Fsp3) is 0.214. The molecule has 2 aliphatic heterocycles. The topological polar surface area (TPSA) is 61.9 Å². The first-order valence-corrected chi connectivity index (χ1v) is 11.5. The average Bonchev–Trinajstić information content (AvgIpc) is 2.86. The molecule has 6 heteroatoms. The van der Waals surface area contributed by atoms with E-state index >= 15 is 0 Å². The van der Waals surface area contributed by atoms with Crippen LogP contribution in [0.5, 0.6) is 5.75 Å². The number of ether oxygens (including phenoxy) is 1. The summed E-state index contributed by atoms with van der Waals surface area (Å²) in [5.74, 6) is 0.571. The highest BCUT2D eigenvalue weighted by molar-refractivity contribution is 6.08. The lowest BCUT2D eigenvalue weighted by atomic mass is 10.1. The molecule has 34 heavy (non-hydrogen) atoms. The van der Waals surface area contributed by atoms with Gasteiger partial charge in [0.1, 0.15) is 0 Å². The number of fused-ring (bicyclic) bond motifs is 1. The monoisotopic (exact) mass is 453 g/mol. The Morgan fingerprint density at radius 2 is 1.65 bits per heavy atom. The number of amides is 2. The first-order valence-electron chi connectivity index (χ1n) is 11.5. The number of nitrogens with one attached hydrogen (secondary N) is 1. The smallest absolute Gasteiger partial charge is 0.291 e. The van der Waals surface area contributed by atoms with Crippen molar-refractivity contribution in [1.82, 2.24) is 4.90 Å². The van der Waals surface area contributed by atoms with Gasteiger partial charge in [-0.25, -0.2) is 0 Å². The minimum absolute atomic E-state index is 0.0282. The van der Waals surface area contributed by atoms with E-state index in [1.54, 1.807) is 24.3 Å². The predicted molar refractivity (Wildman–Crippen MR) is 134 cm³/mol. The number of piperazine rings is 1. The Hall–Kier alpha value is -4.06. The molecule has 2 amide bonds. The number of carbonyl (C=O) groups is 2. The van der Waals surface area contributed by atoms with Crippen LogP contribution in [0.25, 0.3) is 6.08 Å². The third-order valence-electron chi connectivity index (χ3n) is 6.52. The van der Waals surface area contributed by atoms with Crippen LogP contribution in [-0.4, -0.2) is 42.9 Å². The van der Waals surface area contributed by atoms with Crippen molar-refractivity contribution in [2.45, 2.75) is 13.8 Å². The zero-order chi connectivity index (χ0) is 23.7. The van der Waals surface area contributed by atoms with Gasteiger partial charge in [0.15, 0.2) is 11.5 Å². The molecule has 6 nitrogen and oxygen atoms in total. The number of hydrogen-bond acceptors (Lipinski definition) is 4. The maximum atomic E-state index is 13.1. The van der Waals surface area contributed by atoms with Crippen molar-refractivity contribution in [3.05, 3.63) is 94.7 Å². The number of nitrogens with zero attached hydrogens (tertiary/aromatic N) is 2. The number of anilines is 2. The summed E-state index contributed by atoms with van der Waals surface area (Å²) in [4.78, 5) is 29.7. The highest BCUT2D eigenvalue weighted by atomic mass is 16.5. The minimum Gasteiger partial charge on any atom is -0.449 e. The third-order valence-corrected chi connectivity index (χ3v) is 6.52. The van der Waals surface area contributed by atoms with Gasteiger partial charge in [-0.05, 0) is 66.9 Å². The molecular weight excluding hydrogens is 426 g/mol. The van der Waals surface area contributed by atoms with Gasteiger partial charge in [0, 0.05) is 37.4 Å². The zero-order valence-corrected chi connectivity index (χ0v) is 19.4. The van der Waals surface area contributed by atoms with Crippen molar-refractivity contribution in [3.63, 3.8) is 0 Å². The maximum Gasteiger partial charge on any atom is 0.291 e. The Kier molecular flexibility index (Phi) is 5.80. The van der Waals surface area contributed by atoms with Gasteiger partial charge in [-0.1, -0.05) is 36.4 Å². The van der Waals surface area contributed by atoms with Crippen molar-refractivity contribution in [2.24, 2.45) is 0 Å². The quantitative estimate of drug-likeness (QED) is 0.587. The van der Waals surface area contributed by atoms with Crippen molar-refractivity contribution >= 4 is 29.3 Å². The van der Waals surface area contributed by atoms with E-state index in [1.165, 1.54) is 16.8 Å². The molecule has 5 rings (SSSR count). The molecule has 172 valence electrons. The molecule has 0 radical (unpaired) electrons. The summed E-state index contributed by atoms with van der Waals surface area (Å²) in [7, 11) is 0. The summed E-state index contributed by atoms with van der Waals surface area (Å²) in [6, 6.07) is 21.0. The third kappa shape index (κ3) is 4.27. The van der Waals surface area contributed by atoms with Crippen LogP contribution in [0, 0.1) is 13.8 Å². The van der Waals surface area contributed by atoms with E-state index in [1.807, 2.05) is 35.2 Å². The van der Waals surface area contributed by atoms with Gasteiger partial charge in [0.05, 0.1) is 5.69 Å². The fourth-order valence-corrected chi connectivity index (χ4v) is 4.39. The minimum atomic E-state index is -0.291. The Labute approximate surface area is 199 Å². The summed E-state index contributed by atoms with van der Waals surface area (Å²) < 4.78 is 5.75. The highest BCUT2D eigenvalue weighted by Gasteiger charge is 2.24. The van der Waals surface area contributed by atoms with E-state index in [9.17, 15) is 9.59 Å². The Morgan fingerprint density at radius 1 is 0.912 bits per heavy atom. The summed E-state index contributed by atoms with van der Waals surface area (Å²) in [6.07, 6.45) is 1.68. The number of aryl methyl sites for hydroxylation is 1. The molecule has 3 aromatic rings. The zero-order valence-electron chi connectivity index (χ0n) is 19.4. The highest BCUT2D eigenvalue weighted by Crippen LogP contribution is 2.31. The van der Waals surface area contributed by atoms with Crippen LogP contribution >= 0.6 is 0 Å².